The summed E-state index contributed by atoms with van der Waals surface area (Å²) in [5.41, 5.74) is 2.81. The molecule has 2 fully saturated rings. The summed E-state index contributed by atoms with van der Waals surface area (Å²) in [5, 5.41) is 15.9. The maximum atomic E-state index is 15.5. The number of halogens is 1. The summed E-state index contributed by atoms with van der Waals surface area (Å²) in [6.45, 7) is 0.815. The van der Waals surface area contributed by atoms with Gasteiger partial charge >= 0.3 is 5.97 Å². The molecule has 2 heterocycles. The molecule has 1 aromatic heterocycles. The van der Waals surface area contributed by atoms with E-state index < -0.39 is 23.7 Å². The lowest BCUT2D eigenvalue weighted by atomic mass is 9.95. The number of hydrogen-bond acceptors (Lipinski definition) is 7. The van der Waals surface area contributed by atoms with Crippen LogP contribution in [0.25, 0.3) is 11.1 Å². The summed E-state index contributed by atoms with van der Waals surface area (Å²) in [6.07, 6.45) is 8.17. The SMILES string of the molecule is COc1ccc(-c2ccc(C[C@H](NC(=O)C3CCCN(c4ncnc(NC5CCCCC5)c4F)C3)C(=O)O)cc2)cc1. The number of piperidine rings is 1. The maximum Gasteiger partial charge on any atom is 0.326 e. The van der Waals surface area contributed by atoms with Gasteiger partial charge < -0.3 is 25.4 Å². The molecule has 2 aliphatic rings. The first-order valence-corrected chi connectivity index (χ1v) is 14.7. The summed E-state index contributed by atoms with van der Waals surface area (Å²) in [7, 11) is 1.62. The van der Waals surface area contributed by atoms with Gasteiger partial charge in [0.2, 0.25) is 11.7 Å². The number of carbonyl (C=O) groups is 2. The number of amides is 1. The topological polar surface area (TPSA) is 117 Å². The minimum atomic E-state index is -1.10. The molecule has 2 aromatic carbocycles. The highest BCUT2D eigenvalue weighted by molar-refractivity contribution is 5.85. The summed E-state index contributed by atoms with van der Waals surface area (Å²) >= 11 is 0. The molecule has 0 spiro atoms. The van der Waals surface area contributed by atoms with Crippen LogP contribution in [0.15, 0.2) is 54.9 Å². The molecule has 1 amide bonds. The van der Waals surface area contributed by atoms with Crippen molar-refractivity contribution >= 4 is 23.5 Å². The molecular formula is C32H38FN5O4. The fourth-order valence-electron chi connectivity index (χ4n) is 5.85. The van der Waals surface area contributed by atoms with E-state index >= 15 is 4.39 Å². The number of nitrogens with zero attached hydrogens (tertiary/aromatic N) is 3. The molecule has 1 aliphatic heterocycles. The number of nitrogens with one attached hydrogen (secondary N) is 2. The standard InChI is InChI=1S/C32H38FN5O4/c1-42-26-15-13-23(14-16-26)22-11-9-21(10-12-22)18-27(32(40)41)37-31(39)24-6-5-17-38(19-24)30-28(33)29(34-20-35-30)36-25-7-3-2-4-8-25/h9-16,20,24-25,27H,2-8,17-19H2,1H3,(H,37,39)(H,40,41)(H,34,35,36)/t24?,27-/m0/s1. The monoisotopic (exact) mass is 575 g/mol. The normalized spacial score (nSPS) is 18.2. The van der Waals surface area contributed by atoms with Crippen molar-refractivity contribution in [3.63, 3.8) is 0 Å². The third kappa shape index (κ3) is 7.16. The Hall–Kier alpha value is -4.21. The molecule has 2 atom stereocenters. The molecule has 1 saturated heterocycles. The fourth-order valence-corrected chi connectivity index (χ4v) is 5.85. The van der Waals surface area contributed by atoms with Crippen LogP contribution in [-0.2, 0) is 16.0 Å². The number of carboxylic acids is 1. The number of aliphatic carboxylic acids is 1. The fraction of sp³-hybridized carbons (Fsp3) is 0.438. The van der Waals surface area contributed by atoms with E-state index in [1.54, 1.807) is 12.0 Å². The van der Waals surface area contributed by atoms with Crippen molar-refractivity contribution in [3.8, 4) is 16.9 Å². The third-order valence-corrected chi connectivity index (χ3v) is 8.24. The van der Waals surface area contributed by atoms with E-state index in [1.807, 2.05) is 48.5 Å². The van der Waals surface area contributed by atoms with Gasteiger partial charge in [-0.25, -0.2) is 14.8 Å². The highest BCUT2D eigenvalue weighted by Crippen LogP contribution is 2.29. The van der Waals surface area contributed by atoms with E-state index in [-0.39, 0.29) is 36.6 Å². The first-order valence-electron chi connectivity index (χ1n) is 14.7. The second kappa shape index (κ2) is 13.6. The second-order valence-electron chi connectivity index (χ2n) is 11.2. The smallest absolute Gasteiger partial charge is 0.326 e. The zero-order chi connectivity index (χ0) is 29.5. The Morgan fingerprint density at radius 2 is 1.69 bits per heavy atom. The van der Waals surface area contributed by atoms with Crippen LogP contribution < -0.4 is 20.3 Å². The van der Waals surface area contributed by atoms with Crippen LogP contribution in [0.2, 0.25) is 0 Å². The van der Waals surface area contributed by atoms with Crippen molar-refractivity contribution in [1.82, 2.24) is 15.3 Å². The Morgan fingerprint density at radius 3 is 2.36 bits per heavy atom. The van der Waals surface area contributed by atoms with E-state index in [4.69, 9.17) is 4.74 Å². The first-order chi connectivity index (χ1) is 20.4. The molecule has 0 bridgehead atoms. The van der Waals surface area contributed by atoms with Crippen LogP contribution in [0.1, 0.15) is 50.5 Å². The lowest BCUT2D eigenvalue weighted by Gasteiger charge is -2.33. The largest absolute Gasteiger partial charge is 0.497 e. The van der Waals surface area contributed by atoms with E-state index in [0.29, 0.717) is 19.4 Å². The van der Waals surface area contributed by atoms with Gasteiger partial charge in [-0.15, -0.1) is 0 Å². The average molecular weight is 576 g/mol. The summed E-state index contributed by atoms with van der Waals surface area (Å²) in [4.78, 5) is 35.4. The number of benzene rings is 2. The minimum Gasteiger partial charge on any atom is -0.497 e. The molecule has 222 valence electrons. The van der Waals surface area contributed by atoms with Crippen molar-refractivity contribution in [3.05, 3.63) is 66.2 Å². The minimum absolute atomic E-state index is 0.150. The highest BCUT2D eigenvalue weighted by atomic mass is 19.1. The van der Waals surface area contributed by atoms with Crippen LogP contribution in [-0.4, -0.2) is 59.2 Å². The maximum absolute atomic E-state index is 15.5. The zero-order valence-corrected chi connectivity index (χ0v) is 23.9. The Morgan fingerprint density at radius 1 is 1.00 bits per heavy atom. The van der Waals surface area contributed by atoms with E-state index in [1.165, 1.54) is 12.7 Å². The summed E-state index contributed by atoms with van der Waals surface area (Å²) in [5.74, 6) is -1.30. The number of aromatic nitrogens is 2. The number of hydrogen-bond donors (Lipinski definition) is 3. The van der Waals surface area contributed by atoms with Crippen LogP contribution in [0.4, 0.5) is 16.0 Å². The lowest BCUT2D eigenvalue weighted by molar-refractivity contribution is -0.142. The van der Waals surface area contributed by atoms with Crippen molar-refractivity contribution in [2.24, 2.45) is 5.92 Å². The van der Waals surface area contributed by atoms with Crippen molar-refractivity contribution in [2.75, 3.05) is 30.4 Å². The average Bonchev–Trinajstić information content (AvgIpc) is 3.02. The predicted molar refractivity (Wildman–Crippen MR) is 159 cm³/mol. The number of carboxylic acid groups (broad SMARTS) is 1. The highest BCUT2D eigenvalue weighted by Gasteiger charge is 2.31. The van der Waals surface area contributed by atoms with Crippen LogP contribution in [0.3, 0.4) is 0 Å². The molecule has 0 radical (unpaired) electrons. The van der Waals surface area contributed by atoms with Crippen LogP contribution in [0, 0.1) is 11.7 Å². The van der Waals surface area contributed by atoms with Gasteiger partial charge in [0, 0.05) is 25.6 Å². The van der Waals surface area contributed by atoms with E-state index in [9.17, 15) is 14.7 Å². The van der Waals surface area contributed by atoms with Gasteiger partial charge in [0.25, 0.3) is 0 Å². The number of anilines is 2. The molecule has 1 unspecified atom stereocenters. The van der Waals surface area contributed by atoms with E-state index in [2.05, 4.69) is 20.6 Å². The molecular weight excluding hydrogens is 537 g/mol. The van der Waals surface area contributed by atoms with E-state index in [0.717, 1.165) is 48.1 Å². The van der Waals surface area contributed by atoms with Gasteiger partial charge in [-0.2, -0.15) is 4.39 Å². The lowest BCUT2D eigenvalue weighted by Crippen LogP contribution is -2.49. The van der Waals surface area contributed by atoms with Crippen molar-refractivity contribution < 1.29 is 23.8 Å². The zero-order valence-electron chi connectivity index (χ0n) is 23.9. The van der Waals surface area contributed by atoms with Crippen LogP contribution in [0.5, 0.6) is 5.75 Å². The number of rotatable bonds is 10. The Balaban J connectivity index is 1.20. The van der Waals surface area contributed by atoms with Crippen LogP contribution >= 0.6 is 0 Å². The summed E-state index contributed by atoms with van der Waals surface area (Å²) in [6, 6.07) is 14.4. The summed E-state index contributed by atoms with van der Waals surface area (Å²) < 4.78 is 20.7. The molecule has 42 heavy (non-hydrogen) atoms. The first kappa shape index (κ1) is 29.3. The van der Waals surface area contributed by atoms with Crippen molar-refractivity contribution in [2.45, 2.75) is 63.5 Å². The molecule has 1 saturated carbocycles. The molecule has 3 aromatic rings. The Kier molecular flexibility index (Phi) is 9.51. The van der Waals surface area contributed by atoms with Gasteiger partial charge in [0.1, 0.15) is 18.1 Å². The molecule has 1 aliphatic carbocycles. The molecule has 9 nitrogen and oxygen atoms in total. The van der Waals surface area contributed by atoms with Gasteiger partial charge in [-0.05, 0) is 54.5 Å². The van der Waals surface area contributed by atoms with Crippen molar-refractivity contribution in [1.29, 1.82) is 0 Å². The third-order valence-electron chi connectivity index (χ3n) is 8.24. The second-order valence-corrected chi connectivity index (χ2v) is 11.2. The predicted octanol–water partition coefficient (Wildman–Crippen LogP) is 5.06. The Labute approximate surface area is 245 Å². The van der Waals surface area contributed by atoms with Gasteiger partial charge in [-0.3, -0.25) is 4.79 Å². The molecule has 3 N–H and O–H groups in total. The quantitative estimate of drug-likeness (QED) is 0.307. The molecule has 10 heteroatoms. The van der Waals surface area contributed by atoms with Gasteiger partial charge in [0.15, 0.2) is 11.6 Å². The number of ether oxygens (including phenoxy) is 1. The number of methoxy groups -OCH3 is 1. The number of carbonyl (C=O) groups excluding carboxylic acids is 1. The Bertz CT molecular complexity index is 1360. The van der Waals surface area contributed by atoms with Gasteiger partial charge in [-0.1, -0.05) is 55.7 Å². The molecule has 5 rings (SSSR count). The van der Waals surface area contributed by atoms with Gasteiger partial charge in [0.05, 0.1) is 13.0 Å².